The van der Waals surface area contributed by atoms with E-state index in [2.05, 4.69) is 4.72 Å². The van der Waals surface area contributed by atoms with Gasteiger partial charge in [0.15, 0.2) is 0 Å². The van der Waals surface area contributed by atoms with Gasteiger partial charge in [-0.05, 0) is 19.8 Å². The number of rotatable bonds is 7. The number of hydrogen-bond acceptors (Lipinski definition) is 3. The molecule has 0 aromatic carbocycles. The van der Waals surface area contributed by atoms with Crippen molar-refractivity contribution >= 4 is 10.2 Å². The Kier molecular flexibility index (Phi) is 5.89. The summed E-state index contributed by atoms with van der Waals surface area (Å²) in [4.78, 5) is 0. The fraction of sp³-hybridized carbons (Fsp3) is 1.00. The van der Waals surface area contributed by atoms with Crippen molar-refractivity contribution in [1.29, 1.82) is 0 Å². The van der Waals surface area contributed by atoms with Crippen molar-refractivity contribution in [1.82, 2.24) is 9.03 Å². The van der Waals surface area contributed by atoms with E-state index in [4.69, 9.17) is 5.73 Å². The lowest BCUT2D eigenvalue weighted by molar-refractivity contribution is 0.240. The van der Waals surface area contributed by atoms with Gasteiger partial charge in [0.05, 0.1) is 0 Å². The monoisotopic (exact) mass is 251 g/mol. The summed E-state index contributed by atoms with van der Waals surface area (Å²) in [6, 6.07) is 0. The second-order valence-electron chi connectivity index (χ2n) is 4.93. The molecule has 0 fully saturated rings. The van der Waals surface area contributed by atoms with Crippen LogP contribution in [-0.4, -0.2) is 37.9 Å². The third kappa shape index (κ3) is 4.37. The number of nitrogens with zero attached hydrogens (tertiary/aromatic N) is 1. The van der Waals surface area contributed by atoms with Crippen LogP contribution in [0.2, 0.25) is 0 Å². The number of hydrogen-bond donors (Lipinski definition) is 2. The lowest BCUT2D eigenvalue weighted by atomic mass is 10.1. The van der Waals surface area contributed by atoms with Crippen LogP contribution in [0.15, 0.2) is 0 Å². The summed E-state index contributed by atoms with van der Waals surface area (Å²) in [6.07, 6.45) is 0. The van der Waals surface area contributed by atoms with Crippen LogP contribution in [0, 0.1) is 5.92 Å². The van der Waals surface area contributed by atoms with Gasteiger partial charge in [-0.15, -0.1) is 0 Å². The summed E-state index contributed by atoms with van der Waals surface area (Å²) < 4.78 is 28.1. The van der Waals surface area contributed by atoms with E-state index in [9.17, 15) is 8.42 Å². The first kappa shape index (κ1) is 15.8. The molecule has 3 N–H and O–H groups in total. The highest BCUT2D eigenvalue weighted by Crippen LogP contribution is 2.16. The highest BCUT2D eigenvalue weighted by Gasteiger charge is 2.33. The molecule has 0 saturated heterocycles. The molecule has 0 unspecified atom stereocenters. The molecule has 0 atom stereocenters. The minimum Gasteiger partial charge on any atom is -0.329 e. The molecule has 0 aromatic rings. The Balaban J connectivity index is 4.82. The van der Waals surface area contributed by atoms with Crippen molar-refractivity contribution in [2.24, 2.45) is 11.7 Å². The predicted molar refractivity (Wildman–Crippen MR) is 67.3 cm³/mol. The first-order valence-corrected chi connectivity index (χ1v) is 7.09. The van der Waals surface area contributed by atoms with Gasteiger partial charge in [-0.1, -0.05) is 20.8 Å². The molecule has 0 radical (unpaired) electrons. The average Bonchev–Trinajstić information content (AvgIpc) is 2.15. The van der Waals surface area contributed by atoms with E-state index in [0.717, 1.165) is 0 Å². The van der Waals surface area contributed by atoms with Gasteiger partial charge in [0, 0.05) is 25.2 Å². The Labute approximate surface area is 99.6 Å². The number of likely N-dealkylation sites (N-methyl/N-ethyl adjacent to an activating group) is 1. The molecule has 0 amide bonds. The van der Waals surface area contributed by atoms with E-state index in [1.807, 2.05) is 34.6 Å². The predicted octanol–water partition coefficient (Wildman–Crippen LogP) is 0.536. The molecule has 0 aromatic heterocycles. The van der Waals surface area contributed by atoms with E-state index in [1.165, 1.54) is 4.31 Å². The molecule has 98 valence electrons. The summed E-state index contributed by atoms with van der Waals surface area (Å²) in [5.41, 5.74) is 5.04. The summed E-state index contributed by atoms with van der Waals surface area (Å²) in [5.74, 6) is 0.287. The second kappa shape index (κ2) is 5.95. The molecular weight excluding hydrogens is 226 g/mol. The largest absolute Gasteiger partial charge is 0.329 e. The molecule has 6 heteroatoms. The zero-order valence-electron chi connectivity index (χ0n) is 10.9. The maximum absolute atomic E-state index is 12.0. The van der Waals surface area contributed by atoms with Crippen LogP contribution >= 0.6 is 0 Å². The lowest BCUT2D eigenvalue weighted by Crippen LogP contribution is -2.55. The lowest BCUT2D eigenvalue weighted by Gasteiger charge is -2.35. The minimum absolute atomic E-state index is 0.287. The fourth-order valence-electron chi connectivity index (χ4n) is 1.38. The Morgan fingerprint density at radius 3 is 2.19 bits per heavy atom. The van der Waals surface area contributed by atoms with Crippen LogP contribution in [-0.2, 0) is 10.2 Å². The first-order chi connectivity index (χ1) is 7.17. The van der Waals surface area contributed by atoms with Crippen molar-refractivity contribution in [3.8, 4) is 0 Å². The summed E-state index contributed by atoms with van der Waals surface area (Å²) in [5, 5.41) is 0. The summed E-state index contributed by atoms with van der Waals surface area (Å²) >= 11 is 0. The van der Waals surface area contributed by atoms with E-state index in [1.54, 1.807) is 0 Å². The summed E-state index contributed by atoms with van der Waals surface area (Å²) in [6.45, 7) is 10.5. The SMILES string of the molecule is CCN(C(C)(C)CN)S(=O)(=O)NCC(C)C. The van der Waals surface area contributed by atoms with E-state index < -0.39 is 15.7 Å². The Morgan fingerprint density at radius 1 is 1.38 bits per heavy atom. The topological polar surface area (TPSA) is 75.4 Å². The molecule has 5 nitrogen and oxygen atoms in total. The summed E-state index contributed by atoms with van der Waals surface area (Å²) in [7, 11) is -3.43. The molecule has 0 heterocycles. The zero-order chi connectivity index (χ0) is 13.0. The van der Waals surface area contributed by atoms with Gasteiger partial charge < -0.3 is 5.73 Å². The van der Waals surface area contributed by atoms with E-state index in [0.29, 0.717) is 19.6 Å². The Bertz CT molecular complexity index is 299. The molecule has 0 rings (SSSR count). The smallest absolute Gasteiger partial charge is 0.279 e. The standard InChI is InChI=1S/C10H25N3O2S/c1-6-13(10(4,5)8-11)16(14,15)12-7-9(2)3/h9,12H,6-8,11H2,1-5H3. The first-order valence-electron chi connectivity index (χ1n) is 5.65. The molecule has 0 spiro atoms. The van der Waals surface area contributed by atoms with E-state index in [-0.39, 0.29) is 5.92 Å². The van der Waals surface area contributed by atoms with Crippen molar-refractivity contribution in [3.05, 3.63) is 0 Å². The Hall–Kier alpha value is -0.170. The van der Waals surface area contributed by atoms with Crippen molar-refractivity contribution in [3.63, 3.8) is 0 Å². The van der Waals surface area contributed by atoms with Gasteiger partial charge in [0.1, 0.15) is 0 Å². The highest BCUT2D eigenvalue weighted by molar-refractivity contribution is 7.87. The van der Waals surface area contributed by atoms with Gasteiger partial charge in [-0.25, -0.2) is 4.72 Å². The Morgan fingerprint density at radius 2 is 1.88 bits per heavy atom. The molecule has 0 saturated carbocycles. The second-order valence-corrected chi connectivity index (χ2v) is 6.61. The maximum atomic E-state index is 12.0. The number of nitrogens with one attached hydrogen (secondary N) is 1. The quantitative estimate of drug-likeness (QED) is 0.693. The van der Waals surface area contributed by atoms with Crippen LogP contribution in [0.3, 0.4) is 0 Å². The maximum Gasteiger partial charge on any atom is 0.279 e. The van der Waals surface area contributed by atoms with Crippen molar-refractivity contribution < 1.29 is 8.42 Å². The van der Waals surface area contributed by atoms with Crippen LogP contribution < -0.4 is 10.5 Å². The van der Waals surface area contributed by atoms with Crippen LogP contribution in [0.1, 0.15) is 34.6 Å². The minimum atomic E-state index is -3.43. The van der Waals surface area contributed by atoms with Gasteiger partial charge in [0.2, 0.25) is 0 Å². The van der Waals surface area contributed by atoms with Gasteiger partial charge in [0.25, 0.3) is 10.2 Å². The van der Waals surface area contributed by atoms with Crippen LogP contribution in [0.25, 0.3) is 0 Å². The fourth-order valence-corrected chi connectivity index (χ4v) is 3.14. The third-order valence-corrected chi connectivity index (χ3v) is 4.29. The van der Waals surface area contributed by atoms with Crippen LogP contribution in [0.4, 0.5) is 0 Å². The molecule has 0 aliphatic heterocycles. The molecule has 0 bridgehead atoms. The average molecular weight is 251 g/mol. The van der Waals surface area contributed by atoms with Gasteiger partial charge >= 0.3 is 0 Å². The highest BCUT2D eigenvalue weighted by atomic mass is 32.2. The van der Waals surface area contributed by atoms with E-state index >= 15 is 0 Å². The number of nitrogens with two attached hydrogens (primary N) is 1. The third-order valence-electron chi connectivity index (χ3n) is 2.43. The molecule has 0 aliphatic carbocycles. The van der Waals surface area contributed by atoms with Gasteiger partial charge in [-0.2, -0.15) is 12.7 Å². The van der Waals surface area contributed by atoms with Crippen molar-refractivity contribution in [2.45, 2.75) is 40.2 Å². The molecule has 0 aliphatic rings. The molecular formula is C10H25N3O2S. The zero-order valence-corrected chi connectivity index (χ0v) is 11.8. The normalized spacial score (nSPS) is 13.8. The van der Waals surface area contributed by atoms with Crippen LogP contribution in [0.5, 0.6) is 0 Å². The van der Waals surface area contributed by atoms with Crippen molar-refractivity contribution in [2.75, 3.05) is 19.6 Å². The molecule has 16 heavy (non-hydrogen) atoms. The van der Waals surface area contributed by atoms with Gasteiger partial charge in [-0.3, -0.25) is 0 Å².